The Morgan fingerprint density at radius 2 is 1.64 bits per heavy atom. The summed E-state index contributed by atoms with van der Waals surface area (Å²) in [6, 6.07) is 26.2. The highest BCUT2D eigenvalue weighted by molar-refractivity contribution is 6.42. The highest BCUT2D eigenvalue weighted by atomic mass is 35.5. The van der Waals surface area contributed by atoms with Crippen molar-refractivity contribution in [3.8, 4) is 11.4 Å². The minimum absolute atomic E-state index is 0.0367. The van der Waals surface area contributed by atoms with Crippen molar-refractivity contribution in [1.82, 2.24) is 20.1 Å². The van der Waals surface area contributed by atoms with Gasteiger partial charge in [-0.25, -0.2) is 0 Å². The second kappa shape index (κ2) is 12.3. The van der Waals surface area contributed by atoms with Crippen molar-refractivity contribution >= 4 is 29.1 Å². The average Bonchev–Trinajstić information content (AvgIpc) is 3.43. The first-order valence-corrected chi connectivity index (χ1v) is 14.2. The van der Waals surface area contributed by atoms with E-state index >= 15 is 0 Å². The molecule has 1 saturated heterocycles. The molecule has 1 aliphatic rings. The molecule has 2 atom stereocenters. The van der Waals surface area contributed by atoms with Crippen molar-refractivity contribution < 1.29 is 4.79 Å². The molecule has 0 spiro atoms. The van der Waals surface area contributed by atoms with E-state index in [0.29, 0.717) is 23.0 Å². The van der Waals surface area contributed by atoms with Crippen LogP contribution in [0.1, 0.15) is 42.7 Å². The fourth-order valence-electron chi connectivity index (χ4n) is 6.11. The molecule has 8 heteroatoms. The smallest absolute Gasteiger partial charge is 0.221 e. The van der Waals surface area contributed by atoms with Crippen molar-refractivity contribution in [3.63, 3.8) is 0 Å². The number of carbonyl (C=O) groups excluding carboxylic acids is 1. The molecule has 202 valence electrons. The number of benzene rings is 3. The molecule has 0 saturated carbocycles. The summed E-state index contributed by atoms with van der Waals surface area (Å²) in [5.74, 6) is 0.283. The Kier molecular flexibility index (Phi) is 8.66. The van der Waals surface area contributed by atoms with E-state index in [4.69, 9.17) is 28.9 Å². The molecular formula is C31H33Cl2N5O. The molecule has 4 aromatic rings. The maximum atomic E-state index is 13.1. The van der Waals surface area contributed by atoms with Crippen LogP contribution in [-0.2, 0) is 16.8 Å². The van der Waals surface area contributed by atoms with Crippen LogP contribution in [0.4, 0.5) is 0 Å². The van der Waals surface area contributed by atoms with Crippen molar-refractivity contribution in [2.24, 2.45) is 11.7 Å². The van der Waals surface area contributed by atoms with E-state index in [1.165, 1.54) is 5.56 Å². The third-order valence-electron chi connectivity index (χ3n) is 8.14. The van der Waals surface area contributed by atoms with Crippen molar-refractivity contribution in [2.75, 3.05) is 13.1 Å². The largest absolute Gasteiger partial charge is 0.369 e. The zero-order valence-electron chi connectivity index (χ0n) is 21.8. The van der Waals surface area contributed by atoms with Gasteiger partial charge in [0.2, 0.25) is 5.91 Å². The monoisotopic (exact) mass is 561 g/mol. The fourth-order valence-corrected chi connectivity index (χ4v) is 6.41. The number of piperidine rings is 1. The first-order chi connectivity index (χ1) is 19.0. The number of nitrogens with zero attached hydrogens (tertiary/aromatic N) is 3. The minimum atomic E-state index is -0.304. The van der Waals surface area contributed by atoms with Gasteiger partial charge in [0.25, 0.3) is 0 Å². The molecule has 6 nitrogen and oxygen atoms in total. The van der Waals surface area contributed by atoms with Gasteiger partial charge < -0.3 is 15.6 Å². The molecular weight excluding hydrogens is 529 g/mol. The number of halogens is 2. The highest BCUT2D eigenvalue weighted by Gasteiger charge is 2.44. The summed E-state index contributed by atoms with van der Waals surface area (Å²) >= 11 is 12.7. The first kappa shape index (κ1) is 27.4. The van der Waals surface area contributed by atoms with E-state index in [1.807, 2.05) is 66.7 Å². The number of amides is 1. The van der Waals surface area contributed by atoms with Gasteiger partial charge in [-0.15, -0.1) is 10.2 Å². The average molecular weight is 563 g/mol. The second-order valence-corrected chi connectivity index (χ2v) is 11.2. The molecule has 39 heavy (non-hydrogen) atoms. The zero-order chi connectivity index (χ0) is 27.2. The lowest BCUT2D eigenvalue weighted by Crippen LogP contribution is -2.49. The Bertz CT molecular complexity index is 1390. The van der Waals surface area contributed by atoms with E-state index in [0.717, 1.165) is 49.3 Å². The van der Waals surface area contributed by atoms with E-state index in [9.17, 15) is 4.79 Å². The van der Waals surface area contributed by atoms with Crippen LogP contribution in [0.25, 0.3) is 11.4 Å². The first-order valence-electron chi connectivity index (χ1n) is 13.4. The predicted octanol–water partition coefficient (Wildman–Crippen LogP) is 6.24. The molecule has 1 fully saturated rings. The SMILES string of the molecule is NC(=O)C(CCC(Cn1cnnc1-c1ccccc1)c1ccc(Cl)c(Cl)c1)C1(c2ccccc2)CCNCC1. The van der Waals surface area contributed by atoms with Crippen LogP contribution in [0.5, 0.6) is 0 Å². The molecule has 3 aromatic carbocycles. The Labute approximate surface area is 239 Å². The van der Waals surface area contributed by atoms with Gasteiger partial charge in [0, 0.05) is 29.4 Å². The lowest BCUT2D eigenvalue weighted by molar-refractivity contribution is -0.125. The third kappa shape index (κ3) is 6.03. The van der Waals surface area contributed by atoms with Gasteiger partial charge in [0.1, 0.15) is 6.33 Å². The minimum Gasteiger partial charge on any atom is -0.369 e. The summed E-state index contributed by atoms with van der Waals surface area (Å²) in [6.07, 6.45) is 4.88. The molecule has 0 aliphatic carbocycles. The zero-order valence-corrected chi connectivity index (χ0v) is 23.3. The van der Waals surface area contributed by atoms with Crippen LogP contribution in [0.15, 0.2) is 85.2 Å². The molecule has 1 aromatic heterocycles. The van der Waals surface area contributed by atoms with Crippen LogP contribution in [0.3, 0.4) is 0 Å². The lowest BCUT2D eigenvalue weighted by Gasteiger charge is -2.43. The highest BCUT2D eigenvalue weighted by Crippen LogP contribution is 2.44. The van der Waals surface area contributed by atoms with Crippen molar-refractivity contribution in [2.45, 2.75) is 43.6 Å². The van der Waals surface area contributed by atoms with Crippen LogP contribution in [-0.4, -0.2) is 33.8 Å². The van der Waals surface area contributed by atoms with Gasteiger partial charge in [-0.3, -0.25) is 4.79 Å². The summed E-state index contributed by atoms with van der Waals surface area (Å²) in [5, 5.41) is 13.1. The lowest BCUT2D eigenvalue weighted by atomic mass is 9.62. The molecule has 3 N–H and O–H groups in total. The van der Waals surface area contributed by atoms with Gasteiger partial charge in [-0.05, 0) is 62.0 Å². The molecule has 5 rings (SSSR count). The summed E-state index contributed by atoms with van der Waals surface area (Å²) < 4.78 is 2.07. The summed E-state index contributed by atoms with van der Waals surface area (Å²) in [7, 11) is 0. The Morgan fingerprint density at radius 3 is 2.31 bits per heavy atom. The Balaban J connectivity index is 1.47. The maximum absolute atomic E-state index is 13.1. The topological polar surface area (TPSA) is 85.8 Å². The third-order valence-corrected chi connectivity index (χ3v) is 8.88. The second-order valence-electron chi connectivity index (χ2n) is 10.3. The molecule has 0 radical (unpaired) electrons. The summed E-state index contributed by atoms with van der Waals surface area (Å²) in [4.78, 5) is 13.1. The number of nitrogens with two attached hydrogens (primary N) is 1. The van der Waals surface area contributed by atoms with Gasteiger partial charge in [0.15, 0.2) is 5.82 Å². The standard InChI is InChI=1S/C31H33Cl2N5O/c32-27-14-12-23(19-28(27)33)24(20-38-21-36-37-30(38)22-7-3-1-4-8-22)11-13-26(29(34)39)31(15-17-35-18-16-31)25-9-5-2-6-10-25/h1-10,12,14,19,21,24,26,35H,11,13,15-18,20H2,(H2,34,39). The summed E-state index contributed by atoms with van der Waals surface area (Å²) in [6.45, 7) is 2.34. The van der Waals surface area contributed by atoms with Crippen LogP contribution >= 0.6 is 23.2 Å². The van der Waals surface area contributed by atoms with Gasteiger partial charge in [-0.1, -0.05) is 89.9 Å². The fraction of sp³-hybridized carbons (Fsp3) is 0.323. The van der Waals surface area contributed by atoms with Crippen LogP contribution < -0.4 is 11.1 Å². The Hall–Kier alpha value is -3.19. The van der Waals surface area contributed by atoms with Crippen molar-refractivity contribution in [3.05, 3.63) is 106 Å². The van der Waals surface area contributed by atoms with E-state index in [2.05, 4.69) is 32.2 Å². The molecule has 0 bridgehead atoms. The molecule has 2 unspecified atom stereocenters. The number of hydrogen-bond acceptors (Lipinski definition) is 4. The predicted molar refractivity (Wildman–Crippen MR) is 157 cm³/mol. The Morgan fingerprint density at radius 1 is 0.949 bits per heavy atom. The van der Waals surface area contributed by atoms with E-state index < -0.39 is 0 Å². The van der Waals surface area contributed by atoms with Crippen LogP contribution in [0.2, 0.25) is 10.0 Å². The van der Waals surface area contributed by atoms with Gasteiger partial charge in [-0.2, -0.15) is 0 Å². The number of aromatic nitrogens is 3. The van der Waals surface area contributed by atoms with Crippen LogP contribution in [0, 0.1) is 5.92 Å². The van der Waals surface area contributed by atoms with E-state index in [1.54, 1.807) is 6.33 Å². The molecule has 1 amide bonds. The number of rotatable bonds is 10. The quantitative estimate of drug-likeness (QED) is 0.240. The van der Waals surface area contributed by atoms with Gasteiger partial charge in [0.05, 0.1) is 10.0 Å². The number of primary amides is 1. The summed E-state index contributed by atoms with van der Waals surface area (Å²) in [5.41, 5.74) is 9.11. The normalized spacial score (nSPS) is 16.5. The number of nitrogens with one attached hydrogen (secondary N) is 1. The number of carbonyl (C=O) groups is 1. The van der Waals surface area contributed by atoms with Gasteiger partial charge >= 0.3 is 0 Å². The molecule has 2 heterocycles. The molecule has 1 aliphatic heterocycles. The van der Waals surface area contributed by atoms with E-state index in [-0.39, 0.29) is 23.2 Å². The maximum Gasteiger partial charge on any atom is 0.221 e. The van der Waals surface area contributed by atoms with Crippen molar-refractivity contribution in [1.29, 1.82) is 0 Å². The number of hydrogen-bond donors (Lipinski definition) is 2.